The minimum atomic E-state index is -0.463. The first-order valence-corrected chi connectivity index (χ1v) is 5.88. The standard InChI is InChI=1S/C11H17ClN2O/c1-7(2)14-11(9(12)6-13-14)10(15)5-8-3-4-8/h6-8,10,15H,3-5H2,1-2H3. The zero-order valence-corrected chi connectivity index (χ0v) is 9.91. The van der Waals surface area contributed by atoms with Gasteiger partial charge in [0.05, 0.1) is 23.0 Å². The van der Waals surface area contributed by atoms with Crippen molar-refractivity contribution in [2.45, 2.75) is 45.3 Å². The van der Waals surface area contributed by atoms with Crippen molar-refractivity contribution in [3.05, 3.63) is 16.9 Å². The summed E-state index contributed by atoms with van der Waals surface area (Å²) in [6.07, 6.45) is 4.45. The van der Waals surface area contributed by atoms with Gasteiger partial charge in [0.25, 0.3) is 0 Å². The second kappa shape index (κ2) is 4.14. The first kappa shape index (κ1) is 11.0. The fourth-order valence-corrected chi connectivity index (χ4v) is 2.11. The minimum absolute atomic E-state index is 0.237. The molecule has 0 saturated heterocycles. The molecule has 3 nitrogen and oxygen atoms in total. The predicted molar refractivity (Wildman–Crippen MR) is 59.9 cm³/mol. The van der Waals surface area contributed by atoms with Crippen LogP contribution in [0, 0.1) is 5.92 Å². The quantitative estimate of drug-likeness (QED) is 0.861. The van der Waals surface area contributed by atoms with E-state index in [4.69, 9.17) is 11.6 Å². The van der Waals surface area contributed by atoms with Crippen LogP contribution in [0.2, 0.25) is 5.02 Å². The maximum absolute atomic E-state index is 10.1. The van der Waals surface area contributed by atoms with Crippen LogP contribution in [0.1, 0.15) is 50.9 Å². The number of rotatable bonds is 4. The Kier molecular flexibility index (Phi) is 3.03. The van der Waals surface area contributed by atoms with Crippen molar-refractivity contribution < 1.29 is 5.11 Å². The molecule has 1 atom stereocenters. The van der Waals surface area contributed by atoms with Crippen LogP contribution in [0.5, 0.6) is 0 Å². The molecule has 0 aliphatic heterocycles. The summed E-state index contributed by atoms with van der Waals surface area (Å²) in [6, 6.07) is 0.237. The van der Waals surface area contributed by atoms with Gasteiger partial charge >= 0.3 is 0 Å². The molecule has 4 heteroatoms. The molecule has 1 heterocycles. The highest BCUT2D eigenvalue weighted by atomic mass is 35.5. The highest BCUT2D eigenvalue weighted by Gasteiger charge is 2.28. The summed E-state index contributed by atoms with van der Waals surface area (Å²) in [7, 11) is 0. The summed E-state index contributed by atoms with van der Waals surface area (Å²) < 4.78 is 1.81. The Labute approximate surface area is 95.0 Å². The molecular weight excluding hydrogens is 212 g/mol. The molecule has 0 spiro atoms. The maximum Gasteiger partial charge on any atom is 0.0974 e. The Balaban J connectivity index is 2.19. The Bertz CT molecular complexity index is 344. The van der Waals surface area contributed by atoms with Crippen molar-refractivity contribution in [3.63, 3.8) is 0 Å². The SMILES string of the molecule is CC(C)n1ncc(Cl)c1C(O)CC1CC1. The summed E-state index contributed by atoms with van der Waals surface area (Å²) in [5.74, 6) is 0.687. The van der Waals surface area contributed by atoms with E-state index in [2.05, 4.69) is 5.10 Å². The number of aromatic nitrogens is 2. The summed E-state index contributed by atoms with van der Waals surface area (Å²) in [4.78, 5) is 0. The summed E-state index contributed by atoms with van der Waals surface area (Å²) >= 11 is 6.04. The molecule has 1 fully saturated rings. The van der Waals surface area contributed by atoms with E-state index >= 15 is 0 Å². The van der Waals surface area contributed by atoms with Crippen molar-refractivity contribution in [3.8, 4) is 0 Å². The van der Waals surface area contributed by atoms with Gasteiger partial charge in [0.15, 0.2) is 0 Å². The summed E-state index contributed by atoms with van der Waals surface area (Å²) in [5.41, 5.74) is 0.776. The van der Waals surface area contributed by atoms with Crippen molar-refractivity contribution in [1.82, 2.24) is 9.78 Å². The van der Waals surface area contributed by atoms with Gasteiger partial charge in [-0.2, -0.15) is 5.10 Å². The van der Waals surface area contributed by atoms with Gasteiger partial charge in [-0.15, -0.1) is 0 Å². The van der Waals surface area contributed by atoms with E-state index in [0.29, 0.717) is 10.9 Å². The fraction of sp³-hybridized carbons (Fsp3) is 0.727. The Morgan fingerprint density at radius 3 is 2.80 bits per heavy atom. The topological polar surface area (TPSA) is 38.0 Å². The number of aliphatic hydroxyl groups is 1. The van der Waals surface area contributed by atoms with Gasteiger partial charge in [0, 0.05) is 6.04 Å². The van der Waals surface area contributed by atoms with Crippen molar-refractivity contribution >= 4 is 11.6 Å². The molecule has 1 aliphatic carbocycles. The zero-order chi connectivity index (χ0) is 11.0. The third-order valence-corrected chi connectivity index (χ3v) is 3.14. The van der Waals surface area contributed by atoms with Crippen LogP contribution < -0.4 is 0 Å². The zero-order valence-electron chi connectivity index (χ0n) is 9.15. The number of halogens is 1. The number of nitrogens with zero attached hydrogens (tertiary/aromatic N) is 2. The van der Waals surface area contributed by atoms with E-state index in [-0.39, 0.29) is 6.04 Å². The summed E-state index contributed by atoms with van der Waals surface area (Å²) in [5, 5.41) is 14.9. The minimum Gasteiger partial charge on any atom is -0.387 e. The van der Waals surface area contributed by atoms with Gasteiger partial charge < -0.3 is 5.11 Å². The first-order valence-electron chi connectivity index (χ1n) is 5.50. The summed E-state index contributed by atoms with van der Waals surface area (Å²) in [6.45, 7) is 4.08. The average Bonchev–Trinajstić information content (AvgIpc) is 2.86. The van der Waals surface area contributed by atoms with Crippen LogP contribution in [0.15, 0.2) is 6.20 Å². The van der Waals surface area contributed by atoms with Gasteiger partial charge in [-0.05, 0) is 26.2 Å². The van der Waals surface area contributed by atoms with Crippen LogP contribution in [-0.4, -0.2) is 14.9 Å². The third kappa shape index (κ3) is 2.34. The van der Waals surface area contributed by atoms with Crippen LogP contribution in [0.3, 0.4) is 0 Å². The van der Waals surface area contributed by atoms with E-state index in [9.17, 15) is 5.11 Å². The molecular formula is C11H17ClN2O. The smallest absolute Gasteiger partial charge is 0.0974 e. The van der Waals surface area contributed by atoms with E-state index in [1.165, 1.54) is 12.8 Å². The molecule has 1 unspecified atom stereocenters. The molecule has 1 saturated carbocycles. The van der Waals surface area contributed by atoms with Crippen molar-refractivity contribution in [2.75, 3.05) is 0 Å². The lowest BCUT2D eigenvalue weighted by Gasteiger charge is -2.16. The van der Waals surface area contributed by atoms with Gasteiger partial charge in [0.1, 0.15) is 0 Å². The fourth-order valence-electron chi connectivity index (χ4n) is 1.85. The van der Waals surface area contributed by atoms with Crippen LogP contribution in [-0.2, 0) is 0 Å². The van der Waals surface area contributed by atoms with Crippen LogP contribution in [0.25, 0.3) is 0 Å². The van der Waals surface area contributed by atoms with Crippen LogP contribution in [0.4, 0.5) is 0 Å². The molecule has 0 radical (unpaired) electrons. The molecule has 1 N–H and O–H groups in total. The van der Waals surface area contributed by atoms with E-state index in [1.54, 1.807) is 6.20 Å². The van der Waals surface area contributed by atoms with Crippen molar-refractivity contribution in [2.24, 2.45) is 5.92 Å². The lowest BCUT2D eigenvalue weighted by molar-refractivity contribution is 0.147. The predicted octanol–water partition coefficient (Wildman–Crippen LogP) is 2.95. The Morgan fingerprint density at radius 1 is 1.60 bits per heavy atom. The molecule has 1 aliphatic rings. The van der Waals surface area contributed by atoms with E-state index in [1.807, 2.05) is 18.5 Å². The number of hydrogen-bond donors (Lipinski definition) is 1. The van der Waals surface area contributed by atoms with Crippen molar-refractivity contribution in [1.29, 1.82) is 0 Å². The van der Waals surface area contributed by atoms with Gasteiger partial charge in [-0.25, -0.2) is 0 Å². The normalized spacial score (nSPS) is 18.5. The molecule has 84 valence electrons. The molecule has 2 rings (SSSR count). The third-order valence-electron chi connectivity index (χ3n) is 2.85. The molecule has 0 aromatic carbocycles. The number of hydrogen-bond acceptors (Lipinski definition) is 2. The highest BCUT2D eigenvalue weighted by Crippen LogP contribution is 2.39. The van der Waals surface area contributed by atoms with Gasteiger partial charge in [0.2, 0.25) is 0 Å². The van der Waals surface area contributed by atoms with Gasteiger partial charge in [-0.1, -0.05) is 24.4 Å². The average molecular weight is 229 g/mol. The molecule has 1 aromatic heterocycles. The second-order valence-corrected chi connectivity index (χ2v) is 5.02. The van der Waals surface area contributed by atoms with Gasteiger partial charge in [-0.3, -0.25) is 4.68 Å². The Morgan fingerprint density at radius 2 is 2.27 bits per heavy atom. The lowest BCUT2D eigenvalue weighted by atomic mass is 10.1. The lowest BCUT2D eigenvalue weighted by Crippen LogP contribution is -2.12. The monoisotopic (exact) mass is 228 g/mol. The van der Waals surface area contributed by atoms with E-state index in [0.717, 1.165) is 12.1 Å². The molecule has 0 bridgehead atoms. The molecule has 0 amide bonds. The largest absolute Gasteiger partial charge is 0.387 e. The maximum atomic E-state index is 10.1. The second-order valence-electron chi connectivity index (χ2n) is 4.61. The first-order chi connectivity index (χ1) is 7.09. The van der Waals surface area contributed by atoms with Crippen LogP contribution >= 0.6 is 11.6 Å². The molecule has 15 heavy (non-hydrogen) atoms. The number of aliphatic hydroxyl groups excluding tert-OH is 1. The molecule has 1 aromatic rings. The van der Waals surface area contributed by atoms with E-state index < -0.39 is 6.10 Å². The Hall–Kier alpha value is -0.540. The highest BCUT2D eigenvalue weighted by molar-refractivity contribution is 6.31.